The molecule has 2 aliphatic heterocycles. The molecule has 0 bridgehead atoms. The van der Waals surface area contributed by atoms with Crippen molar-refractivity contribution in [2.75, 3.05) is 44.2 Å². The third kappa shape index (κ3) is 4.72. The molecule has 2 aliphatic rings. The fraction of sp³-hybridized carbons (Fsp3) is 0.364. The fourth-order valence-electron chi connectivity index (χ4n) is 3.94. The number of ether oxygens (including phenoxy) is 1. The van der Waals surface area contributed by atoms with Crippen molar-refractivity contribution in [2.24, 2.45) is 0 Å². The number of esters is 1. The lowest BCUT2D eigenvalue weighted by Crippen LogP contribution is -2.51. The molecule has 31 heavy (non-hydrogen) atoms. The summed E-state index contributed by atoms with van der Waals surface area (Å²) < 4.78 is 19.4. The minimum atomic E-state index is -0.539. The van der Waals surface area contributed by atoms with E-state index in [-0.39, 0.29) is 18.5 Å². The second-order valence-electron chi connectivity index (χ2n) is 7.37. The maximum atomic E-state index is 14.1. The number of rotatable bonds is 6. The van der Waals surface area contributed by atoms with E-state index in [1.165, 1.54) is 17.4 Å². The lowest BCUT2D eigenvalue weighted by atomic mass is 10.0. The summed E-state index contributed by atoms with van der Waals surface area (Å²) in [5.41, 5.74) is 1.59. The topological polar surface area (TPSA) is 73.9 Å². The maximum absolute atomic E-state index is 14.1. The maximum Gasteiger partial charge on any atom is 0.338 e. The molecule has 1 aromatic heterocycles. The Hall–Kier alpha value is -2.91. The summed E-state index contributed by atoms with van der Waals surface area (Å²) in [5, 5.41) is 7.57. The first-order chi connectivity index (χ1) is 15.1. The number of nitrogens with zero attached hydrogens (tertiary/aromatic N) is 2. The van der Waals surface area contributed by atoms with Gasteiger partial charge in [-0.2, -0.15) is 0 Å². The van der Waals surface area contributed by atoms with E-state index >= 15 is 0 Å². The van der Waals surface area contributed by atoms with Crippen LogP contribution in [0.5, 0.6) is 0 Å². The molecule has 0 aliphatic carbocycles. The van der Waals surface area contributed by atoms with E-state index < -0.39 is 12.0 Å². The third-order valence-corrected chi connectivity index (χ3v) is 6.36. The number of amides is 2. The first kappa shape index (κ1) is 21.3. The van der Waals surface area contributed by atoms with Crippen LogP contribution in [-0.2, 0) is 9.53 Å². The van der Waals surface area contributed by atoms with Gasteiger partial charge < -0.3 is 20.3 Å². The predicted molar refractivity (Wildman–Crippen MR) is 117 cm³/mol. The van der Waals surface area contributed by atoms with Crippen LogP contribution < -0.4 is 15.5 Å². The van der Waals surface area contributed by atoms with Crippen LogP contribution in [0, 0.1) is 5.82 Å². The molecule has 1 aromatic carbocycles. The molecule has 9 heteroatoms. The van der Waals surface area contributed by atoms with Gasteiger partial charge in [0.2, 0.25) is 0 Å². The van der Waals surface area contributed by atoms with Gasteiger partial charge in [0.25, 0.3) is 0 Å². The Morgan fingerprint density at radius 3 is 2.65 bits per heavy atom. The van der Waals surface area contributed by atoms with Crippen molar-refractivity contribution in [1.29, 1.82) is 0 Å². The Kier molecular flexibility index (Phi) is 6.53. The molecule has 2 aromatic rings. The number of hydrogen-bond acceptors (Lipinski definition) is 6. The largest absolute Gasteiger partial charge is 0.463 e. The van der Waals surface area contributed by atoms with Crippen molar-refractivity contribution in [3.8, 4) is 0 Å². The molecule has 7 nitrogen and oxygen atoms in total. The SMILES string of the molecule is CCOC(=O)C1=C(CN2CCN(c3ccccc3F)CC2)NC(=O)NC1c1cccs1. The van der Waals surface area contributed by atoms with E-state index in [4.69, 9.17) is 4.74 Å². The van der Waals surface area contributed by atoms with Crippen LogP contribution in [0.4, 0.5) is 14.9 Å². The van der Waals surface area contributed by atoms with Crippen molar-refractivity contribution in [3.63, 3.8) is 0 Å². The second kappa shape index (κ2) is 9.49. The normalized spacial score (nSPS) is 19.7. The number of anilines is 1. The zero-order chi connectivity index (χ0) is 21.8. The average molecular weight is 445 g/mol. The summed E-state index contributed by atoms with van der Waals surface area (Å²) in [5.74, 6) is -0.666. The molecular weight excluding hydrogens is 419 g/mol. The van der Waals surface area contributed by atoms with Gasteiger partial charge in [0.15, 0.2) is 0 Å². The molecule has 0 spiro atoms. The molecule has 1 unspecified atom stereocenters. The zero-order valence-corrected chi connectivity index (χ0v) is 18.1. The fourth-order valence-corrected chi connectivity index (χ4v) is 4.72. The number of benzene rings is 1. The Bertz CT molecular complexity index is 971. The molecule has 0 saturated carbocycles. The number of para-hydroxylation sites is 1. The Morgan fingerprint density at radius 1 is 1.19 bits per heavy atom. The van der Waals surface area contributed by atoms with Crippen molar-refractivity contribution < 1.29 is 18.7 Å². The van der Waals surface area contributed by atoms with Crippen molar-refractivity contribution in [1.82, 2.24) is 15.5 Å². The number of thiophene rings is 1. The number of nitrogens with one attached hydrogen (secondary N) is 2. The van der Waals surface area contributed by atoms with E-state index in [2.05, 4.69) is 15.5 Å². The molecular formula is C22H25FN4O3S. The Balaban J connectivity index is 1.53. The molecule has 3 heterocycles. The number of urea groups is 1. The molecule has 164 valence electrons. The summed E-state index contributed by atoms with van der Waals surface area (Å²) in [4.78, 5) is 30.2. The van der Waals surface area contributed by atoms with E-state index in [0.29, 0.717) is 49.7 Å². The van der Waals surface area contributed by atoms with E-state index in [0.717, 1.165) is 4.88 Å². The van der Waals surface area contributed by atoms with Crippen LogP contribution in [-0.4, -0.2) is 56.2 Å². The molecule has 0 radical (unpaired) electrons. The lowest BCUT2D eigenvalue weighted by Gasteiger charge is -2.38. The molecule has 1 saturated heterocycles. The highest BCUT2D eigenvalue weighted by molar-refractivity contribution is 7.10. The number of halogens is 1. The van der Waals surface area contributed by atoms with Crippen molar-refractivity contribution in [3.05, 3.63) is 63.7 Å². The van der Waals surface area contributed by atoms with Crippen LogP contribution in [0.3, 0.4) is 0 Å². The van der Waals surface area contributed by atoms with Gasteiger partial charge in [-0.25, -0.2) is 14.0 Å². The van der Waals surface area contributed by atoms with Gasteiger partial charge in [0.1, 0.15) is 5.82 Å². The molecule has 2 N–H and O–H groups in total. The highest BCUT2D eigenvalue weighted by Gasteiger charge is 2.35. The number of carbonyl (C=O) groups excluding carboxylic acids is 2. The average Bonchev–Trinajstić information content (AvgIpc) is 3.29. The number of carbonyl (C=O) groups is 2. The summed E-state index contributed by atoms with van der Waals surface area (Å²) in [6, 6.07) is 9.66. The number of piperazine rings is 1. The summed E-state index contributed by atoms with van der Waals surface area (Å²) in [7, 11) is 0. The third-order valence-electron chi connectivity index (χ3n) is 5.42. The first-order valence-electron chi connectivity index (χ1n) is 10.3. The first-order valence-corrected chi connectivity index (χ1v) is 11.2. The highest BCUT2D eigenvalue weighted by atomic mass is 32.1. The van der Waals surface area contributed by atoms with Gasteiger partial charge >= 0.3 is 12.0 Å². The van der Waals surface area contributed by atoms with E-state index in [1.807, 2.05) is 28.5 Å². The van der Waals surface area contributed by atoms with Crippen molar-refractivity contribution >= 4 is 29.0 Å². The Morgan fingerprint density at radius 2 is 1.97 bits per heavy atom. The van der Waals surface area contributed by atoms with Gasteiger partial charge in [0, 0.05) is 43.3 Å². The molecule has 1 fully saturated rings. The lowest BCUT2D eigenvalue weighted by molar-refractivity contribution is -0.139. The van der Waals surface area contributed by atoms with E-state index in [1.54, 1.807) is 19.1 Å². The minimum absolute atomic E-state index is 0.229. The van der Waals surface area contributed by atoms with Gasteiger partial charge in [-0.3, -0.25) is 4.90 Å². The highest BCUT2D eigenvalue weighted by Crippen LogP contribution is 2.31. The van der Waals surface area contributed by atoms with Crippen LogP contribution in [0.2, 0.25) is 0 Å². The number of hydrogen-bond donors (Lipinski definition) is 2. The van der Waals surface area contributed by atoms with Crippen LogP contribution in [0.15, 0.2) is 53.0 Å². The van der Waals surface area contributed by atoms with Crippen LogP contribution in [0.1, 0.15) is 17.8 Å². The van der Waals surface area contributed by atoms with Gasteiger partial charge in [-0.15, -0.1) is 11.3 Å². The summed E-state index contributed by atoms with van der Waals surface area (Å²) >= 11 is 1.48. The van der Waals surface area contributed by atoms with Crippen molar-refractivity contribution in [2.45, 2.75) is 13.0 Å². The zero-order valence-electron chi connectivity index (χ0n) is 17.3. The van der Waals surface area contributed by atoms with Crippen LogP contribution in [0.25, 0.3) is 0 Å². The summed E-state index contributed by atoms with van der Waals surface area (Å²) in [6.45, 7) is 5.10. The van der Waals surface area contributed by atoms with Gasteiger partial charge in [-0.05, 0) is 30.5 Å². The summed E-state index contributed by atoms with van der Waals surface area (Å²) in [6.07, 6.45) is 0. The molecule has 1 atom stereocenters. The smallest absolute Gasteiger partial charge is 0.338 e. The standard InChI is InChI=1S/C22H25FN4O3S/c1-2-30-21(28)19-16(24-22(29)25-20(19)18-8-5-13-31-18)14-26-9-11-27(12-10-26)17-7-4-3-6-15(17)23/h3-8,13,20H,2,9-12,14H2,1H3,(H2,24,25,29). The van der Waals surface area contributed by atoms with Crippen LogP contribution >= 0.6 is 11.3 Å². The molecule has 2 amide bonds. The minimum Gasteiger partial charge on any atom is -0.463 e. The second-order valence-corrected chi connectivity index (χ2v) is 8.35. The molecule has 4 rings (SSSR count). The predicted octanol–water partition coefficient (Wildman–Crippen LogP) is 2.88. The van der Waals surface area contributed by atoms with E-state index in [9.17, 15) is 14.0 Å². The Labute approximate surface area is 184 Å². The van der Waals surface area contributed by atoms with Gasteiger partial charge in [0.05, 0.1) is 23.9 Å². The monoisotopic (exact) mass is 444 g/mol. The van der Waals surface area contributed by atoms with Gasteiger partial charge in [-0.1, -0.05) is 18.2 Å². The quantitative estimate of drug-likeness (QED) is 0.671.